The number of aliphatic hydroxyl groups is 1. The molecule has 4 nitrogen and oxygen atoms in total. The summed E-state index contributed by atoms with van der Waals surface area (Å²) in [5.74, 6) is 0.104. The van der Waals surface area contributed by atoms with Crippen LogP contribution in [0.3, 0.4) is 0 Å². The van der Waals surface area contributed by atoms with E-state index >= 15 is 0 Å². The number of cyclic esters (lactones) is 2. The van der Waals surface area contributed by atoms with Crippen LogP contribution in [0.25, 0.3) is 0 Å². The van der Waals surface area contributed by atoms with E-state index < -0.39 is 18.4 Å². The summed E-state index contributed by atoms with van der Waals surface area (Å²) in [7, 11) is 0. The summed E-state index contributed by atoms with van der Waals surface area (Å²) >= 11 is 5.72. The Morgan fingerprint density at radius 3 is 2.50 bits per heavy atom. The Bertz CT molecular complexity index is 426. The Morgan fingerprint density at radius 2 is 2.00 bits per heavy atom. The molecule has 5 heteroatoms. The molecule has 0 bridgehead atoms. The molecule has 0 spiro atoms. The molecule has 0 saturated carbocycles. The minimum Gasteiger partial charge on any atom is -0.419 e. The van der Waals surface area contributed by atoms with Crippen LogP contribution in [0.2, 0.25) is 5.02 Å². The van der Waals surface area contributed by atoms with Crippen LogP contribution in [0.15, 0.2) is 36.6 Å². The fourth-order valence-electron chi connectivity index (χ4n) is 1.43. The molecule has 84 valence electrons. The average molecular weight is 241 g/mol. The Balaban J connectivity index is 2.19. The summed E-state index contributed by atoms with van der Waals surface area (Å²) in [6.07, 6.45) is -2.71. The van der Waals surface area contributed by atoms with Crippen molar-refractivity contribution >= 4 is 17.8 Å². The fourth-order valence-corrected chi connectivity index (χ4v) is 1.56. The van der Waals surface area contributed by atoms with Crippen LogP contribution >= 0.6 is 11.6 Å². The molecule has 1 aliphatic heterocycles. The molecule has 1 saturated heterocycles. The van der Waals surface area contributed by atoms with Gasteiger partial charge in [0.25, 0.3) is 0 Å². The molecular formula is C11H9ClO4. The second-order valence-corrected chi connectivity index (χ2v) is 3.79. The van der Waals surface area contributed by atoms with Gasteiger partial charge in [-0.15, -0.1) is 0 Å². The number of benzene rings is 1. The van der Waals surface area contributed by atoms with Crippen LogP contribution in [-0.4, -0.2) is 17.4 Å². The number of halogens is 1. The lowest BCUT2D eigenvalue weighted by Crippen LogP contribution is -2.19. The molecule has 0 aliphatic carbocycles. The van der Waals surface area contributed by atoms with E-state index in [9.17, 15) is 9.90 Å². The SMILES string of the molecule is C=C1OC(=O)O[C@H]1[C@@H](O)c1ccc(Cl)cc1. The van der Waals surface area contributed by atoms with Gasteiger partial charge in [-0.1, -0.05) is 30.3 Å². The quantitative estimate of drug-likeness (QED) is 0.807. The molecule has 0 radical (unpaired) electrons. The Labute approximate surface area is 97.0 Å². The van der Waals surface area contributed by atoms with Crippen molar-refractivity contribution in [3.63, 3.8) is 0 Å². The molecule has 1 aliphatic rings. The van der Waals surface area contributed by atoms with Gasteiger partial charge in [0.2, 0.25) is 0 Å². The number of rotatable bonds is 2. The van der Waals surface area contributed by atoms with Gasteiger partial charge in [-0.05, 0) is 17.7 Å². The smallest absolute Gasteiger partial charge is 0.419 e. The third kappa shape index (κ3) is 2.03. The summed E-state index contributed by atoms with van der Waals surface area (Å²) in [4.78, 5) is 10.8. The molecule has 2 rings (SSSR count). The molecule has 0 aromatic heterocycles. The van der Waals surface area contributed by atoms with Crippen molar-refractivity contribution in [3.05, 3.63) is 47.2 Å². The summed E-state index contributed by atoms with van der Waals surface area (Å²) in [5, 5.41) is 10.5. The Kier molecular flexibility index (Phi) is 2.85. The maximum Gasteiger partial charge on any atom is 0.514 e. The lowest BCUT2D eigenvalue weighted by molar-refractivity contribution is 0.0402. The van der Waals surface area contributed by atoms with Crippen molar-refractivity contribution in [2.45, 2.75) is 12.2 Å². The first-order chi connectivity index (χ1) is 7.58. The van der Waals surface area contributed by atoms with Crippen LogP contribution in [0.4, 0.5) is 4.79 Å². The van der Waals surface area contributed by atoms with E-state index in [0.29, 0.717) is 10.6 Å². The van der Waals surface area contributed by atoms with Crippen molar-refractivity contribution in [3.8, 4) is 0 Å². The normalized spacial score (nSPS) is 21.5. The zero-order valence-corrected chi connectivity index (χ0v) is 8.98. The zero-order chi connectivity index (χ0) is 11.7. The standard InChI is InChI=1S/C11H9ClO4/c1-6-10(16-11(14)15-6)9(13)7-2-4-8(12)5-3-7/h2-5,9-10,13H,1H2/t9-,10+/m0/s1. The predicted octanol–water partition coefficient (Wildman–Crippen LogP) is 2.42. The highest BCUT2D eigenvalue weighted by Gasteiger charge is 2.36. The van der Waals surface area contributed by atoms with E-state index in [1.807, 2.05) is 0 Å². The van der Waals surface area contributed by atoms with Gasteiger partial charge >= 0.3 is 6.16 Å². The lowest BCUT2D eigenvalue weighted by Gasteiger charge is -2.15. The van der Waals surface area contributed by atoms with Crippen LogP contribution in [-0.2, 0) is 9.47 Å². The number of carbonyl (C=O) groups is 1. The van der Waals surface area contributed by atoms with Crippen molar-refractivity contribution in [2.24, 2.45) is 0 Å². The maximum atomic E-state index is 10.8. The largest absolute Gasteiger partial charge is 0.514 e. The number of carbonyl (C=O) groups excluding carboxylic acids is 1. The summed E-state index contributed by atoms with van der Waals surface area (Å²) < 4.78 is 9.37. The minimum absolute atomic E-state index is 0.104. The van der Waals surface area contributed by atoms with Crippen molar-refractivity contribution in [2.75, 3.05) is 0 Å². The highest BCUT2D eigenvalue weighted by Crippen LogP contribution is 2.29. The van der Waals surface area contributed by atoms with Crippen LogP contribution in [0, 0.1) is 0 Å². The summed E-state index contributed by atoms with van der Waals surface area (Å²) in [6.45, 7) is 3.50. The summed E-state index contributed by atoms with van der Waals surface area (Å²) in [6, 6.07) is 6.57. The Morgan fingerprint density at radius 1 is 1.38 bits per heavy atom. The number of hydrogen-bond donors (Lipinski definition) is 1. The van der Waals surface area contributed by atoms with E-state index in [4.69, 9.17) is 16.3 Å². The van der Waals surface area contributed by atoms with Gasteiger partial charge in [-0.25, -0.2) is 4.79 Å². The topological polar surface area (TPSA) is 55.8 Å². The molecule has 1 heterocycles. The van der Waals surface area contributed by atoms with Gasteiger partial charge < -0.3 is 14.6 Å². The van der Waals surface area contributed by atoms with Gasteiger partial charge in [0.1, 0.15) is 11.9 Å². The fraction of sp³-hybridized carbons (Fsp3) is 0.182. The molecule has 1 fully saturated rings. The van der Waals surface area contributed by atoms with Crippen LogP contribution < -0.4 is 0 Å². The van der Waals surface area contributed by atoms with E-state index in [-0.39, 0.29) is 5.76 Å². The van der Waals surface area contributed by atoms with Gasteiger partial charge in [0.15, 0.2) is 6.10 Å². The molecule has 1 aromatic carbocycles. The van der Waals surface area contributed by atoms with Gasteiger partial charge in [-0.3, -0.25) is 0 Å². The molecule has 1 aromatic rings. The molecule has 1 N–H and O–H groups in total. The number of aliphatic hydroxyl groups excluding tert-OH is 1. The predicted molar refractivity (Wildman–Crippen MR) is 56.9 cm³/mol. The second kappa shape index (κ2) is 4.15. The average Bonchev–Trinajstić information content (AvgIpc) is 2.58. The van der Waals surface area contributed by atoms with E-state index in [1.54, 1.807) is 24.3 Å². The molecule has 16 heavy (non-hydrogen) atoms. The van der Waals surface area contributed by atoms with E-state index in [2.05, 4.69) is 11.3 Å². The highest BCUT2D eigenvalue weighted by atomic mass is 35.5. The van der Waals surface area contributed by atoms with Crippen molar-refractivity contribution in [1.82, 2.24) is 0 Å². The molecule has 0 amide bonds. The minimum atomic E-state index is -1.00. The van der Waals surface area contributed by atoms with Crippen LogP contribution in [0.1, 0.15) is 11.7 Å². The first-order valence-electron chi connectivity index (χ1n) is 4.58. The first-order valence-corrected chi connectivity index (χ1v) is 4.96. The summed E-state index contributed by atoms with van der Waals surface area (Å²) in [5.41, 5.74) is 0.578. The van der Waals surface area contributed by atoms with Gasteiger partial charge in [0.05, 0.1) is 0 Å². The van der Waals surface area contributed by atoms with Crippen molar-refractivity contribution in [1.29, 1.82) is 0 Å². The van der Waals surface area contributed by atoms with E-state index in [1.165, 1.54) is 0 Å². The highest BCUT2D eigenvalue weighted by molar-refractivity contribution is 6.30. The number of hydrogen-bond acceptors (Lipinski definition) is 4. The number of ether oxygens (including phenoxy) is 2. The molecule has 2 atom stereocenters. The zero-order valence-electron chi connectivity index (χ0n) is 8.22. The monoisotopic (exact) mass is 240 g/mol. The molecule has 0 unspecified atom stereocenters. The third-order valence-corrected chi connectivity index (χ3v) is 2.51. The van der Waals surface area contributed by atoms with E-state index in [0.717, 1.165) is 0 Å². The maximum absolute atomic E-state index is 10.8. The first kappa shape index (κ1) is 11.0. The van der Waals surface area contributed by atoms with Gasteiger partial charge in [-0.2, -0.15) is 0 Å². The van der Waals surface area contributed by atoms with Gasteiger partial charge in [0, 0.05) is 5.02 Å². The third-order valence-electron chi connectivity index (χ3n) is 2.25. The second-order valence-electron chi connectivity index (χ2n) is 3.35. The molecular weight excluding hydrogens is 232 g/mol. The van der Waals surface area contributed by atoms with Crippen LogP contribution in [0.5, 0.6) is 0 Å². The van der Waals surface area contributed by atoms with Crippen molar-refractivity contribution < 1.29 is 19.4 Å². The lowest BCUT2D eigenvalue weighted by atomic mass is 10.0. The Hall–Kier alpha value is -1.52.